The first-order valence-corrected chi connectivity index (χ1v) is 6.28. The molecule has 0 aromatic carbocycles. The summed E-state index contributed by atoms with van der Waals surface area (Å²) in [6.07, 6.45) is 8.09. The molecule has 1 atom stereocenters. The summed E-state index contributed by atoms with van der Waals surface area (Å²) in [6.45, 7) is 0.437. The molecule has 1 saturated heterocycles. The summed E-state index contributed by atoms with van der Waals surface area (Å²) in [6, 6.07) is -1.10. The van der Waals surface area contributed by atoms with Crippen molar-refractivity contribution < 1.29 is 19.5 Å². The standard InChI is InChI=1S/C13H18N2O4/c1-2-6-10(13(18)19)14-11(16)9-15-8-5-3-4-7-12(15)17/h1,10H,3-9H2,(H,14,16)(H,18,19). The second-order valence-electron chi connectivity index (χ2n) is 4.49. The van der Waals surface area contributed by atoms with Crippen molar-refractivity contribution in [3.05, 3.63) is 0 Å². The first-order chi connectivity index (χ1) is 9.04. The topological polar surface area (TPSA) is 86.7 Å². The lowest BCUT2D eigenvalue weighted by atomic mass is 10.2. The third-order valence-electron chi connectivity index (χ3n) is 2.96. The van der Waals surface area contributed by atoms with Crippen LogP contribution in [0.15, 0.2) is 0 Å². The molecule has 0 saturated carbocycles. The van der Waals surface area contributed by atoms with Gasteiger partial charge in [-0.05, 0) is 12.8 Å². The van der Waals surface area contributed by atoms with Crippen LogP contribution in [0.3, 0.4) is 0 Å². The van der Waals surface area contributed by atoms with E-state index in [1.807, 2.05) is 0 Å². The molecule has 2 N–H and O–H groups in total. The number of terminal acetylenes is 1. The molecule has 19 heavy (non-hydrogen) atoms. The fourth-order valence-corrected chi connectivity index (χ4v) is 1.94. The number of amides is 2. The van der Waals surface area contributed by atoms with Gasteiger partial charge in [0.25, 0.3) is 0 Å². The van der Waals surface area contributed by atoms with Crippen LogP contribution in [-0.2, 0) is 14.4 Å². The minimum absolute atomic E-state index is 0.0588. The van der Waals surface area contributed by atoms with Gasteiger partial charge in [-0.2, -0.15) is 0 Å². The third-order valence-corrected chi connectivity index (χ3v) is 2.96. The van der Waals surface area contributed by atoms with E-state index in [-0.39, 0.29) is 18.9 Å². The average molecular weight is 266 g/mol. The van der Waals surface area contributed by atoms with Crippen molar-refractivity contribution in [2.45, 2.75) is 38.1 Å². The molecular formula is C13H18N2O4. The largest absolute Gasteiger partial charge is 0.480 e. The first-order valence-electron chi connectivity index (χ1n) is 6.28. The Hall–Kier alpha value is -2.03. The summed E-state index contributed by atoms with van der Waals surface area (Å²) < 4.78 is 0. The van der Waals surface area contributed by atoms with Gasteiger partial charge in [-0.25, -0.2) is 4.79 Å². The molecule has 0 aromatic rings. The lowest BCUT2D eigenvalue weighted by molar-refractivity contribution is -0.142. The van der Waals surface area contributed by atoms with E-state index in [9.17, 15) is 14.4 Å². The van der Waals surface area contributed by atoms with Gasteiger partial charge < -0.3 is 15.3 Å². The fraction of sp³-hybridized carbons (Fsp3) is 0.615. The van der Waals surface area contributed by atoms with Crippen LogP contribution in [0.25, 0.3) is 0 Å². The number of hydrogen-bond acceptors (Lipinski definition) is 3. The summed E-state index contributed by atoms with van der Waals surface area (Å²) in [4.78, 5) is 35.7. The van der Waals surface area contributed by atoms with Gasteiger partial charge in [-0.15, -0.1) is 12.3 Å². The molecule has 104 valence electrons. The number of nitrogens with zero attached hydrogens (tertiary/aromatic N) is 1. The predicted octanol–water partition coefficient (Wildman–Crippen LogP) is -0.0183. The highest BCUT2D eigenvalue weighted by atomic mass is 16.4. The zero-order chi connectivity index (χ0) is 14.3. The number of aliphatic carboxylic acids is 1. The van der Waals surface area contributed by atoms with Crippen LogP contribution in [0.1, 0.15) is 32.1 Å². The smallest absolute Gasteiger partial charge is 0.327 e. The molecule has 1 aliphatic heterocycles. The van der Waals surface area contributed by atoms with E-state index in [2.05, 4.69) is 11.2 Å². The zero-order valence-corrected chi connectivity index (χ0v) is 10.7. The van der Waals surface area contributed by atoms with Crippen molar-refractivity contribution in [2.75, 3.05) is 13.1 Å². The number of carboxylic acid groups (broad SMARTS) is 1. The number of carbonyl (C=O) groups is 3. The highest BCUT2D eigenvalue weighted by molar-refractivity contribution is 5.88. The van der Waals surface area contributed by atoms with Gasteiger partial charge >= 0.3 is 5.97 Å². The molecule has 0 radical (unpaired) electrons. The maximum absolute atomic E-state index is 11.7. The molecule has 1 heterocycles. The summed E-state index contributed by atoms with van der Waals surface area (Å²) >= 11 is 0. The number of likely N-dealkylation sites (tertiary alicyclic amines) is 1. The van der Waals surface area contributed by atoms with Crippen molar-refractivity contribution in [1.29, 1.82) is 0 Å². The normalized spacial score (nSPS) is 17.2. The Morgan fingerprint density at radius 1 is 1.42 bits per heavy atom. The molecule has 6 nitrogen and oxygen atoms in total. The van der Waals surface area contributed by atoms with Crippen LogP contribution in [-0.4, -0.2) is 46.9 Å². The molecular weight excluding hydrogens is 248 g/mol. The van der Waals surface area contributed by atoms with E-state index in [1.54, 1.807) is 0 Å². The molecule has 1 fully saturated rings. The van der Waals surface area contributed by atoms with Gasteiger partial charge in [0.05, 0.1) is 6.54 Å². The molecule has 1 unspecified atom stereocenters. The monoisotopic (exact) mass is 266 g/mol. The van der Waals surface area contributed by atoms with E-state index < -0.39 is 17.9 Å². The fourth-order valence-electron chi connectivity index (χ4n) is 1.94. The van der Waals surface area contributed by atoms with Crippen LogP contribution < -0.4 is 5.32 Å². The van der Waals surface area contributed by atoms with Gasteiger partial charge in [0.2, 0.25) is 11.8 Å². The zero-order valence-electron chi connectivity index (χ0n) is 10.7. The highest BCUT2D eigenvalue weighted by Crippen LogP contribution is 2.10. The van der Waals surface area contributed by atoms with Crippen molar-refractivity contribution >= 4 is 17.8 Å². The van der Waals surface area contributed by atoms with Crippen LogP contribution in [0.4, 0.5) is 0 Å². The van der Waals surface area contributed by atoms with Crippen LogP contribution in [0, 0.1) is 12.3 Å². The Balaban J connectivity index is 2.51. The molecule has 0 bridgehead atoms. The molecule has 0 aromatic heterocycles. The van der Waals surface area contributed by atoms with Crippen molar-refractivity contribution in [2.24, 2.45) is 0 Å². The minimum Gasteiger partial charge on any atom is -0.480 e. The van der Waals surface area contributed by atoms with E-state index >= 15 is 0 Å². The molecule has 0 aliphatic carbocycles. The lowest BCUT2D eigenvalue weighted by Crippen LogP contribution is -2.46. The van der Waals surface area contributed by atoms with E-state index in [0.717, 1.165) is 19.3 Å². The van der Waals surface area contributed by atoms with E-state index in [4.69, 9.17) is 11.5 Å². The second-order valence-corrected chi connectivity index (χ2v) is 4.49. The Kier molecular flexibility index (Phi) is 5.86. The number of carbonyl (C=O) groups excluding carboxylic acids is 2. The highest BCUT2D eigenvalue weighted by Gasteiger charge is 2.23. The van der Waals surface area contributed by atoms with Crippen molar-refractivity contribution in [1.82, 2.24) is 10.2 Å². The maximum atomic E-state index is 11.7. The summed E-state index contributed by atoms with van der Waals surface area (Å²) in [5, 5.41) is 11.2. The molecule has 0 spiro atoms. The van der Waals surface area contributed by atoms with Crippen molar-refractivity contribution in [3.63, 3.8) is 0 Å². The second kappa shape index (κ2) is 7.41. The van der Waals surface area contributed by atoms with Crippen molar-refractivity contribution in [3.8, 4) is 12.3 Å². The molecule has 1 rings (SSSR count). The lowest BCUT2D eigenvalue weighted by Gasteiger charge is -2.21. The van der Waals surface area contributed by atoms with Gasteiger partial charge in [0.15, 0.2) is 0 Å². The maximum Gasteiger partial charge on any atom is 0.327 e. The molecule has 1 aliphatic rings. The summed E-state index contributed by atoms with van der Waals surface area (Å²) in [7, 11) is 0. The number of hydrogen-bond donors (Lipinski definition) is 2. The van der Waals surface area contributed by atoms with Gasteiger partial charge in [0.1, 0.15) is 6.04 Å². The van der Waals surface area contributed by atoms with Crippen LogP contribution in [0.2, 0.25) is 0 Å². The van der Waals surface area contributed by atoms with Crippen LogP contribution >= 0.6 is 0 Å². The van der Waals surface area contributed by atoms with E-state index in [1.165, 1.54) is 4.90 Å². The predicted molar refractivity (Wildman–Crippen MR) is 68.1 cm³/mol. The Bertz CT molecular complexity index is 400. The van der Waals surface area contributed by atoms with E-state index in [0.29, 0.717) is 13.0 Å². The Morgan fingerprint density at radius 2 is 2.16 bits per heavy atom. The number of carboxylic acids is 1. The average Bonchev–Trinajstić information content (AvgIpc) is 2.54. The Labute approximate surface area is 112 Å². The third kappa shape index (κ3) is 5.00. The van der Waals surface area contributed by atoms with Gasteiger partial charge in [0, 0.05) is 19.4 Å². The number of nitrogens with one attached hydrogen (secondary N) is 1. The Morgan fingerprint density at radius 3 is 2.79 bits per heavy atom. The van der Waals surface area contributed by atoms with Gasteiger partial charge in [-0.3, -0.25) is 9.59 Å². The summed E-state index contributed by atoms with van der Waals surface area (Å²) in [5.74, 6) is 0.481. The molecule has 2 amide bonds. The first kappa shape index (κ1) is 15.0. The van der Waals surface area contributed by atoms with Gasteiger partial charge in [-0.1, -0.05) is 6.42 Å². The SMILES string of the molecule is C#CCC(NC(=O)CN1CCCCCC1=O)C(=O)O. The molecule has 6 heteroatoms. The quantitative estimate of drug-likeness (QED) is 0.685. The number of rotatable bonds is 5. The minimum atomic E-state index is -1.17. The summed E-state index contributed by atoms with van der Waals surface area (Å²) in [5.41, 5.74) is 0. The van der Waals surface area contributed by atoms with Crippen LogP contribution in [0.5, 0.6) is 0 Å².